The Morgan fingerprint density at radius 1 is 1.32 bits per heavy atom. The largest absolute Gasteiger partial charge is 0.311 e. The molecule has 1 aromatic rings. The lowest BCUT2D eigenvalue weighted by atomic mass is 9.69. The Hall–Kier alpha value is -2.17. The van der Waals surface area contributed by atoms with Gasteiger partial charge < -0.3 is 4.90 Å². The maximum atomic E-state index is 13.6. The zero-order chi connectivity index (χ0) is 17.3. The van der Waals surface area contributed by atoms with Gasteiger partial charge in [-0.2, -0.15) is 0 Å². The molecule has 25 heavy (non-hydrogen) atoms. The van der Waals surface area contributed by atoms with Crippen molar-refractivity contribution in [1.29, 1.82) is 0 Å². The summed E-state index contributed by atoms with van der Waals surface area (Å²) in [6.07, 6.45) is 7.26. The van der Waals surface area contributed by atoms with E-state index in [1.54, 1.807) is 17.7 Å². The average Bonchev–Trinajstić information content (AvgIpc) is 3.07. The molecule has 1 heterocycles. The molecule has 1 aliphatic heterocycles. The Morgan fingerprint density at radius 3 is 2.96 bits per heavy atom. The van der Waals surface area contributed by atoms with E-state index in [1.165, 1.54) is 6.42 Å². The lowest BCUT2D eigenvalue weighted by Crippen LogP contribution is -2.43. The van der Waals surface area contributed by atoms with Gasteiger partial charge in [-0.1, -0.05) is 24.6 Å². The van der Waals surface area contributed by atoms with Crippen molar-refractivity contribution in [1.82, 2.24) is 0 Å². The number of nitro benzene ring substituents is 1. The van der Waals surface area contributed by atoms with E-state index in [0.29, 0.717) is 24.3 Å². The van der Waals surface area contributed by atoms with E-state index in [4.69, 9.17) is 0 Å². The second kappa shape index (κ2) is 4.93. The molecule has 0 saturated heterocycles. The second-order valence-electron chi connectivity index (χ2n) is 8.46. The van der Waals surface area contributed by atoms with Gasteiger partial charge in [0.2, 0.25) is 5.91 Å². The fourth-order valence-electron chi connectivity index (χ4n) is 5.90. The van der Waals surface area contributed by atoms with Crippen LogP contribution in [0.3, 0.4) is 0 Å². The molecule has 130 valence electrons. The van der Waals surface area contributed by atoms with E-state index >= 15 is 0 Å². The van der Waals surface area contributed by atoms with Gasteiger partial charge in [0.15, 0.2) is 0 Å². The van der Waals surface area contributed by atoms with Gasteiger partial charge in [-0.05, 0) is 55.4 Å². The minimum Gasteiger partial charge on any atom is -0.311 e. The smallest absolute Gasteiger partial charge is 0.271 e. The van der Waals surface area contributed by atoms with Gasteiger partial charge in [-0.15, -0.1) is 0 Å². The van der Waals surface area contributed by atoms with Crippen molar-refractivity contribution in [2.45, 2.75) is 39.0 Å². The molecule has 4 unspecified atom stereocenters. The van der Waals surface area contributed by atoms with Crippen LogP contribution in [0.5, 0.6) is 0 Å². The van der Waals surface area contributed by atoms with Crippen molar-refractivity contribution < 1.29 is 9.72 Å². The van der Waals surface area contributed by atoms with Gasteiger partial charge >= 0.3 is 0 Å². The molecule has 5 rings (SSSR count). The van der Waals surface area contributed by atoms with E-state index in [1.807, 2.05) is 11.0 Å². The highest BCUT2D eigenvalue weighted by Gasteiger charge is 2.58. The second-order valence-corrected chi connectivity index (χ2v) is 8.46. The zero-order valence-electron chi connectivity index (χ0n) is 14.4. The monoisotopic (exact) mass is 338 g/mol. The number of anilines is 1. The van der Waals surface area contributed by atoms with Gasteiger partial charge in [0.1, 0.15) is 0 Å². The van der Waals surface area contributed by atoms with Crippen LogP contribution in [0.25, 0.3) is 0 Å². The lowest BCUT2D eigenvalue weighted by molar-refractivity contribution is -0.384. The number of benzene rings is 1. The fraction of sp³-hybridized carbons (Fsp3) is 0.550. The molecule has 0 aromatic heterocycles. The minimum absolute atomic E-state index is 0.0700. The molecule has 0 N–H and O–H groups in total. The molecule has 2 saturated carbocycles. The standard InChI is InChI=1S/C20H22N2O3/c1-12-6-14-7-15-10-20(9-12,11-17(14)15)19(23)21-5-4-13-2-3-16(22(24)25)8-18(13)21/h2-3,6,8,12,15,17H,4-5,7,9-11H2,1H3. The third kappa shape index (κ3) is 2.04. The molecular formula is C20H22N2O3. The summed E-state index contributed by atoms with van der Waals surface area (Å²) in [6.45, 7) is 2.87. The third-order valence-corrected chi connectivity index (χ3v) is 6.89. The molecule has 4 atom stereocenters. The summed E-state index contributed by atoms with van der Waals surface area (Å²) in [5.41, 5.74) is 3.19. The minimum atomic E-state index is -0.376. The van der Waals surface area contributed by atoms with Gasteiger partial charge in [-0.25, -0.2) is 0 Å². The molecule has 1 aromatic carbocycles. The number of hydrogen-bond donors (Lipinski definition) is 0. The first-order chi connectivity index (χ1) is 12.0. The fourth-order valence-corrected chi connectivity index (χ4v) is 5.90. The van der Waals surface area contributed by atoms with Crippen LogP contribution in [0, 0.1) is 33.3 Å². The summed E-state index contributed by atoms with van der Waals surface area (Å²) < 4.78 is 0. The van der Waals surface area contributed by atoms with Crippen molar-refractivity contribution >= 4 is 17.3 Å². The Bertz CT molecular complexity index is 830. The van der Waals surface area contributed by atoms with Crippen molar-refractivity contribution in [3.05, 3.63) is 45.5 Å². The predicted molar refractivity (Wildman–Crippen MR) is 94.3 cm³/mol. The first kappa shape index (κ1) is 15.1. The molecule has 4 aliphatic rings. The van der Waals surface area contributed by atoms with Crippen LogP contribution in [0.4, 0.5) is 11.4 Å². The van der Waals surface area contributed by atoms with Gasteiger partial charge in [0, 0.05) is 18.7 Å². The number of rotatable bonds is 2. The van der Waals surface area contributed by atoms with E-state index in [0.717, 1.165) is 36.9 Å². The molecule has 3 aliphatic carbocycles. The lowest BCUT2D eigenvalue weighted by Gasteiger charge is -2.37. The summed E-state index contributed by atoms with van der Waals surface area (Å²) >= 11 is 0. The molecule has 5 heteroatoms. The number of carbonyl (C=O) groups excluding carboxylic acids is 1. The van der Waals surface area contributed by atoms with E-state index < -0.39 is 0 Å². The number of amides is 1. The molecule has 2 bridgehead atoms. The number of allylic oxidation sites excluding steroid dienone is 2. The molecule has 0 radical (unpaired) electrons. The molecule has 2 fully saturated rings. The zero-order valence-corrected chi connectivity index (χ0v) is 14.4. The summed E-state index contributed by atoms with van der Waals surface area (Å²) in [6, 6.07) is 4.95. The van der Waals surface area contributed by atoms with E-state index in [2.05, 4.69) is 13.0 Å². The van der Waals surface area contributed by atoms with Crippen LogP contribution < -0.4 is 4.90 Å². The Labute approximate surface area is 146 Å². The quantitative estimate of drug-likeness (QED) is 0.467. The summed E-state index contributed by atoms with van der Waals surface area (Å²) in [4.78, 5) is 26.2. The Kier molecular flexibility index (Phi) is 2.98. The van der Waals surface area contributed by atoms with Crippen LogP contribution in [0.15, 0.2) is 29.8 Å². The topological polar surface area (TPSA) is 63.5 Å². The number of non-ortho nitro benzene ring substituents is 1. The highest BCUT2D eigenvalue weighted by molar-refractivity contribution is 6.00. The van der Waals surface area contributed by atoms with Crippen molar-refractivity contribution in [2.75, 3.05) is 11.4 Å². The summed E-state index contributed by atoms with van der Waals surface area (Å²) in [5, 5.41) is 11.1. The molecule has 5 nitrogen and oxygen atoms in total. The number of hydrogen-bond acceptors (Lipinski definition) is 3. The average molecular weight is 338 g/mol. The summed E-state index contributed by atoms with van der Waals surface area (Å²) in [7, 11) is 0. The third-order valence-electron chi connectivity index (χ3n) is 6.89. The van der Waals surface area contributed by atoms with Crippen molar-refractivity contribution in [3.63, 3.8) is 0 Å². The highest BCUT2D eigenvalue weighted by atomic mass is 16.6. The van der Waals surface area contributed by atoms with Crippen LogP contribution in [-0.4, -0.2) is 17.4 Å². The van der Waals surface area contributed by atoms with Crippen LogP contribution >= 0.6 is 0 Å². The van der Waals surface area contributed by atoms with Crippen LogP contribution in [-0.2, 0) is 11.2 Å². The van der Waals surface area contributed by atoms with Gasteiger partial charge in [0.05, 0.1) is 16.0 Å². The maximum Gasteiger partial charge on any atom is 0.271 e. The summed E-state index contributed by atoms with van der Waals surface area (Å²) in [5.74, 6) is 1.94. The molecule has 1 amide bonds. The number of carbonyl (C=O) groups is 1. The van der Waals surface area contributed by atoms with E-state index in [9.17, 15) is 14.9 Å². The Morgan fingerprint density at radius 2 is 2.16 bits per heavy atom. The molecule has 0 spiro atoms. The van der Waals surface area contributed by atoms with Crippen LogP contribution in [0.1, 0.15) is 38.2 Å². The number of nitrogens with zero attached hydrogens (tertiary/aromatic N) is 2. The normalized spacial score (nSPS) is 34.8. The van der Waals surface area contributed by atoms with Gasteiger partial charge in [0.25, 0.3) is 5.69 Å². The SMILES string of the molecule is CC1C=C2CC3CC(C(=O)N4CCc5ccc([N+](=O)[O-])cc54)(C1)CC23. The van der Waals surface area contributed by atoms with E-state index in [-0.39, 0.29) is 21.9 Å². The first-order valence-electron chi connectivity index (χ1n) is 9.27. The Balaban J connectivity index is 1.51. The van der Waals surface area contributed by atoms with Crippen LogP contribution in [0.2, 0.25) is 0 Å². The predicted octanol–water partition coefficient (Wildman–Crippen LogP) is 3.87. The van der Waals surface area contributed by atoms with Crippen molar-refractivity contribution in [3.8, 4) is 0 Å². The molecular weight excluding hydrogens is 316 g/mol. The highest BCUT2D eigenvalue weighted by Crippen LogP contribution is 2.63. The maximum absolute atomic E-state index is 13.6. The van der Waals surface area contributed by atoms with Crippen molar-refractivity contribution in [2.24, 2.45) is 23.2 Å². The number of nitro groups is 1. The number of fused-ring (bicyclic) bond motifs is 2. The van der Waals surface area contributed by atoms with Gasteiger partial charge in [-0.3, -0.25) is 14.9 Å². The first-order valence-corrected chi connectivity index (χ1v) is 9.27.